The molecule has 1 saturated carbocycles. The minimum absolute atomic E-state index is 0.181. The number of rotatable bonds is 5. The molecule has 0 aliphatic heterocycles. The van der Waals surface area contributed by atoms with Gasteiger partial charge in [0, 0.05) is 17.1 Å². The second kappa shape index (κ2) is 8.51. The first kappa shape index (κ1) is 19.3. The fourth-order valence-electron chi connectivity index (χ4n) is 3.95. The van der Waals surface area contributed by atoms with Gasteiger partial charge in [0.15, 0.2) is 6.61 Å². The van der Waals surface area contributed by atoms with Gasteiger partial charge in [-0.1, -0.05) is 44.9 Å². The second-order valence-electron chi connectivity index (χ2n) is 7.44. The smallest absolute Gasteiger partial charge is 0.339 e. The number of fused-ring (bicyclic) bond motifs is 1. The van der Waals surface area contributed by atoms with Crippen LogP contribution in [-0.4, -0.2) is 29.5 Å². The summed E-state index contributed by atoms with van der Waals surface area (Å²) in [6.07, 6.45) is 5.21. The number of nitrogens with zero attached hydrogens (tertiary/aromatic N) is 1. The summed E-state index contributed by atoms with van der Waals surface area (Å²) in [7, 11) is 0. The quantitative estimate of drug-likeness (QED) is 0.811. The van der Waals surface area contributed by atoms with Gasteiger partial charge >= 0.3 is 5.97 Å². The van der Waals surface area contributed by atoms with Crippen LogP contribution < -0.4 is 5.32 Å². The van der Waals surface area contributed by atoms with Crippen LogP contribution in [0.2, 0.25) is 0 Å². The van der Waals surface area contributed by atoms with E-state index in [-0.39, 0.29) is 18.6 Å². The van der Waals surface area contributed by atoms with E-state index in [0.717, 1.165) is 47.8 Å². The Balaban J connectivity index is 1.72. The van der Waals surface area contributed by atoms with Gasteiger partial charge in [-0.2, -0.15) is 0 Å². The van der Waals surface area contributed by atoms with E-state index in [2.05, 4.69) is 17.2 Å². The monoisotopic (exact) mass is 368 g/mol. The lowest BCUT2D eigenvalue weighted by Crippen LogP contribution is -2.42. The summed E-state index contributed by atoms with van der Waals surface area (Å²) in [6.45, 7) is 5.81. The molecule has 0 radical (unpaired) electrons. The molecule has 1 aromatic heterocycles. The number of esters is 1. The van der Waals surface area contributed by atoms with Gasteiger partial charge in [0.2, 0.25) is 0 Å². The van der Waals surface area contributed by atoms with Gasteiger partial charge in [0.1, 0.15) is 0 Å². The molecule has 144 valence electrons. The van der Waals surface area contributed by atoms with E-state index in [1.165, 1.54) is 6.42 Å². The van der Waals surface area contributed by atoms with E-state index in [1.54, 1.807) is 0 Å². The Labute approximate surface area is 160 Å². The predicted octanol–water partition coefficient (Wildman–Crippen LogP) is 3.96. The molecule has 27 heavy (non-hydrogen) atoms. The molecule has 1 aromatic carbocycles. The molecule has 0 saturated heterocycles. The van der Waals surface area contributed by atoms with Crippen LogP contribution in [0.5, 0.6) is 0 Å². The Morgan fingerprint density at radius 3 is 2.70 bits per heavy atom. The summed E-state index contributed by atoms with van der Waals surface area (Å²) in [5, 5.41) is 3.78. The highest BCUT2D eigenvalue weighted by atomic mass is 16.5. The number of benzene rings is 1. The van der Waals surface area contributed by atoms with E-state index in [4.69, 9.17) is 4.74 Å². The maximum Gasteiger partial charge on any atom is 0.339 e. The first-order valence-electron chi connectivity index (χ1n) is 9.86. The summed E-state index contributed by atoms with van der Waals surface area (Å²) in [5.41, 5.74) is 2.98. The van der Waals surface area contributed by atoms with Crippen molar-refractivity contribution in [1.29, 1.82) is 0 Å². The molecule has 2 atom stereocenters. The Hall–Kier alpha value is -2.43. The van der Waals surface area contributed by atoms with Crippen molar-refractivity contribution < 1.29 is 14.3 Å². The lowest BCUT2D eigenvalue weighted by molar-refractivity contribution is -0.125. The van der Waals surface area contributed by atoms with Gasteiger partial charge in [-0.15, -0.1) is 0 Å². The number of hydrogen-bond acceptors (Lipinski definition) is 4. The van der Waals surface area contributed by atoms with Crippen LogP contribution >= 0.6 is 0 Å². The Bertz CT molecular complexity index is 847. The van der Waals surface area contributed by atoms with Gasteiger partial charge in [0.05, 0.1) is 11.1 Å². The molecular weight excluding hydrogens is 340 g/mol. The number of aryl methyl sites for hydroxylation is 1. The zero-order valence-corrected chi connectivity index (χ0v) is 16.4. The van der Waals surface area contributed by atoms with Gasteiger partial charge in [-0.05, 0) is 43.7 Å². The van der Waals surface area contributed by atoms with Crippen molar-refractivity contribution in [3.63, 3.8) is 0 Å². The fraction of sp³-hybridized carbons (Fsp3) is 0.500. The summed E-state index contributed by atoms with van der Waals surface area (Å²) in [6, 6.07) is 7.72. The molecule has 1 aliphatic carbocycles. The van der Waals surface area contributed by atoms with Gasteiger partial charge < -0.3 is 10.1 Å². The highest BCUT2D eigenvalue weighted by Gasteiger charge is 2.24. The van der Waals surface area contributed by atoms with Crippen LogP contribution in [-0.2, 0) is 16.0 Å². The minimum Gasteiger partial charge on any atom is -0.452 e. The van der Waals surface area contributed by atoms with Crippen LogP contribution in [0.25, 0.3) is 10.9 Å². The number of aromatic nitrogens is 1. The van der Waals surface area contributed by atoms with E-state index in [0.29, 0.717) is 11.5 Å². The zero-order chi connectivity index (χ0) is 19.4. The lowest BCUT2D eigenvalue weighted by atomic mass is 9.86. The summed E-state index contributed by atoms with van der Waals surface area (Å²) < 4.78 is 5.38. The summed E-state index contributed by atoms with van der Waals surface area (Å²) in [4.78, 5) is 29.7. The number of hydrogen-bond donors (Lipinski definition) is 1. The third kappa shape index (κ3) is 4.29. The number of para-hydroxylation sites is 1. The van der Waals surface area contributed by atoms with E-state index >= 15 is 0 Å². The number of nitrogens with one attached hydrogen (secondary N) is 1. The average Bonchev–Trinajstić information content (AvgIpc) is 2.67. The van der Waals surface area contributed by atoms with E-state index in [1.807, 2.05) is 38.1 Å². The van der Waals surface area contributed by atoms with E-state index < -0.39 is 5.97 Å². The van der Waals surface area contributed by atoms with Crippen molar-refractivity contribution in [3.05, 3.63) is 41.1 Å². The predicted molar refractivity (Wildman–Crippen MR) is 106 cm³/mol. The number of ether oxygens (including phenoxy) is 1. The SMILES string of the molecule is CCc1nc2ccccc2c(C(=O)OCC(=O)NC2CCCCC2C)c1C. The number of carbonyl (C=O) groups is 2. The molecule has 2 aromatic rings. The van der Waals surface area contributed by atoms with Gasteiger partial charge in [-0.25, -0.2) is 4.79 Å². The molecule has 1 amide bonds. The highest BCUT2D eigenvalue weighted by molar-refractivity contribution is 6.05. The van der Waals surface area contributed by atoms with Crippen LogP contribution in [0.3, 0.4) is 0 Å². The average molecular weight is 368 g/mol. The van der Waals surface area contributed by atoms with Gasteiger partial charge in [0.25, 0.3) is 5.91 Å². The molecule has 0 spiro atoms. The molecule has 1 fully saturated rings. The van der Waals surface area contributed by atoms with E-state index in [9.17, 15) is 9.59 Å². The largest absolute Gasteiger partial charge is 0.452 e. The van der Waals surface area contributed by atoms with Crippen molar-refractivity contribution in [2.24, 2.45) is 5.92 Å². The first-order valence-corrected chi connectivity index (χ1v) is 9.86. The maximum atomic E-state index is 12.8. The lowest BCUT2D eigenvalue weighted by Gasteiger charge is -2.29. The third-order valence-corrected chi connectivity index (χ3v) is 5.57. The van der Waals surface area contributed by atoms with Crippen molar-refractivity contribution in [1.82, 2.24) is 10.3 Å². The number of amides is 1. The molecule has 5 heteroatoms. The molecule has 0 bridgehead atoms. The normalized spacial score (nSPS) is 19.7. The molecule has 2 unspecified atom stereocenters. The zero-order valence-electron chi connectivity index (χ0n) is 16.4. The number of pyridine rings is 1. The summed E-state index contributed by atoms with van der Waals surface area (Å²) >= 11 is 0. The topological polar surface area (TPSA) is 68.3 Å². The molecular formula is C22H28N2O3. The fourth-order valence-corrected chi connectivity index (χ4v) is 3.95. The Morgan fingerprint density at radius 1 is 1.22 bits per heavy atom. The minimum atomic E-state index is -0.465. The molecule has 1 heterocycles. The van der Waals surface area contributed by atoms with Crippen LogP contribution in [0.4, 0.5) is 0 Å². The second-order valence-corrected chi connectivity index (χ2v) is 7.44. The molecule has 3 rings (SSSR count). The Kier molecular flexibility index (Phi) is 6.09. The molecule has 5 nitrogen and oxygen atoms in total. The Morgan fingerprint density at radius 2 is 1.96 bits per heavy atom. The maximum absolute atomic E-state index is 12.8. The van der Waals surface area contributed by atoms with Crippen molar-refractivity contribution >= 4 is 22.8 Å². The highest BCUT2D eigenvalue weighted by Crippen LogP contribution is 2.25. The van der Waals surface area contributed by atoms with Gasteiger partial charge in [-0.3, -0.25) is 9.78 Å². The standard InChI is InChI=1S/C22H28N2O3/c1-4-17-15(3)21(16-10-6-8-12-19(16)23-17)22(26)27-13-20(25)24-18-11-7-5-9-14(18)2/h6,8,10,12,14,18H,4-5,7,9,11,13H2,1-3H3,(H,24,25). The van der Waals surface area contributed by atoms with Crippen LogP contribution in [0, 0.1) is 12.8 Å². The van der Waals surface area contributed by atoms with Crippen molar-refractivity contribution in [3.8, 4) is 0 Å². The number of carbonyl (C=O) groups excluding carboxylic acids is 2. The van der Waals surface area contributed by atoms with Crippen LogP contribution in [0.1, 0.15) is 61.1 Å². The summed E-state index contributed by atoms with van der Waals surface area (Å²) in [5.74, 6) is -0.224. The van der Waals surface area contributed by atoms with Crippen LogP contribution in [0.15, 0.2) is 24.3 Å². The first-order chi connectivity index (χ1) is 13.0. The molecule has 1 aliphatic rings. The van der Waals surface area contributed by atoms with Crippen molar-refractivity contribution in [2.75, 3.05) is 6.61 Å². The third-order valence-electron chi connectivity index (χ3n) is 5.57. The molecule has 1 N–H and O–H groups in total. The van der Waals surface area contributed by atoms with Crippen molar-refractivity contribution in [2.45, 2.75) is 58.9 Å².